The molecule has 0 spiro atoms. The minimum Gasteiger partial charge on any atom is -0.380 e. The summed E-state index contributed by atoms with van der Waals surface area (Å²) < 4.78 is 52.7. The van der Waals surface area contributed by atoms with Crippen molar-refractivity contribution in [3.8, 4) is 5.69 Å². The molecule has 2 atom stereocenters. The smallest absolute Gasteiger partial charge is 0.321 e. The number of rotatable bonds is 6. The lowest BCUT2D eigenvalue weighted by Gasteiger charge is -2.40. The first-order valence-corrected chi connectivity index (χ1v) is 11.4. The van der Waals surface area contributed by atoms with Crippen molar-refractivity contribution in [2.24, 2.45) is 0 Å². The third-order valence-corrected chi connectivity index (χ3v) is 6.23. The zero-order valence-corrected chi connectivity index (χ0v) is 20.0. The van der Waals surface area contributed by atoms with Crippen LogP contribution in [0.5, 0.6) is 0 Å². The molecule has 1 fully saturated rings. The molecule has 1 aliphatic heterocycles. The fraction of sp³-hybridized carbons (Fsp3) is 0.261. The van der Waals surface area contributed by atoms with Crippen molar-refractivity contribution >= 4 is 40.1 Å². The Morgan fingerprint density at radius 1 is 1.23 bits per heavy atom. The van der Waals surface area contributed by atoms with E-state index in [1.807, 2.05) is 0 Å². The second kappa shape index (κ2) is 9.55. The Bertz CT molecular complexity index is 1650. The fourth-order valence-corrected chi connectivity index (χ4v) is 4.11. The van der Waals surface area contributed by atoms with Crippen molar-refractivity contribution in [2.75, 3.05) is 29.1 Å². The molecule has 16 heteroatoms. The van der Waals surface area contributed by atoms with Crippen LogP contribution >= 0.6 is 0 Å². The number of hydrogen-bond acceptors (Lipinski definition) is 9. The van der Waals surface area contributed by atoms with E-state index in [-0.39, 0.29) is 40.5 Å². The first-order chi connectivity index (χ1) is 18.5. The van der Waals surface area contributed by atoms with Gasteiger partial charge in [-0.3, -0.25) is 23.9 Å². The van der Waals surface area contributed by atoms with E-state index in [0.717, 1.165) is 34.1 Å². The molecule has 0 radical (unpaired) electrons. The molecule has 4 N–H and O–H groups in total. The van der Waals surface area contributed by atoms with Gasteiger partial charge in [-0.1, -0.05) is 5.16 Å². The fourth-order valence-electron chi connectivity index (χ4n) is 4.11. The summed E-state index contributed by atoms with van der Waals surface area (Å²) in [5.74, 6) is -3.32. The number of ether oxygens (including phenoxy) is 1. The van der Waals surface area contributed by atoms with Gasteiger partial charge in [0, 0.05) is 24.0 Å². The molecule has 1 aromatic carbocycles. The van der Waals surface area contributed by atoms with Crippen molar-refractivity contribution in [3.63, 3.8) is 0 Å². The number of anilines is 3. The normalized spacial score (nSPS) is 18.6. The van der Waals surface area contributed by atoms with Gasteiger partial charge in [-0.05, 0) is 25.1 Å². The molecule has 5 rings (SSSR count). The lowest BCUT2D eigenvalue weighted by Crippen LogP contribution is -2.63. The molecule has 0 saturated carbocycles. The number of aliphatic hydroxyl groups is 1. The van der Waals surface area contributed by atoms with Gasteiger partial charge in [0.25, 0.3) is 17.4 Å². The Hall–Kier alpha value is -4.70. The van der Waals surface area contributed by atoms with Crippen molar-refractivity contribution in [1.29, 1.82) is 0 Å². The van der Waals surface area contributed by atoms with Gasteiger partial charge in [0.05, 0.1) is 30.4 Å². The molecule has 1 aliphatic rings. The second-order valence-corrected chi connectivity index (χ2v) is 8.74. The van der Waals surface area contributed by atoms with E-state index in [1.54, 1.807) is 6.07 Å². The highest BCUT2D eigenvalue weighted by molar-refractivity contribution is 6.06. The quantitative estimate of drug-likeness (QED) is 0.323. The molecule has 13 nitrogen and oxygen atoms in total. The summed E-state index contributed by atoms with van der Waals surface area (Å²) in [4.78, 5) is 38.7. The summed E-state index contributed by atoms with van der Waals surface area (Å²) in [6.07, 6.45) is -0.420. The van der Waals surface area contributed by atoms with E-state index in [2.05, 4.69) is 15.6 Å². The number of halogens is 3. The Balaban J connectivity index is 1.38. The van der Waals surface area contributed by atoms with Gasteiger partial charge in [-0.25, -0.2) is 9.07 Å². The highest BCUT2D eigenvalue weighted by Gasteiger charge is 2.51. The molecule has 0 aliphatic carbocycles. The van der Waals surface area contributed by atoms with Crippen LogP contribution in [-0.4, -0.2) is 61.3 Å². The van der Waals surface area contributed by atoms with Crippen LogP contribution < -0.4 is 21.5 Å². The van der Waals surface area contributed by atoms with E-state index in [0.29, 0.717) is 5.39 Å². The first-order valence-electron chi connectivity index (χ1n) is 11.4. The summed E-state index contributed by atoms with van der Waals surface area (Å²) in [5.41, 5.74) is 2.97. The van der Waals surface area contributed by atoms with Crippen LogP contribution in [0.15, 0.2) is 52.0 Å². The predicted octanol–water partition coefficient (Wildman–Crippen LogP) is 1.41. The summed E-state index contributed by atoms with van der Waals surface area (Å²) >= 11 is 0. The molecule has 0 unspecified atom stereocenters. The highest BCUT2D eigenvalue weighted by atomic mass is 19.3. The van der Waals surface area contributed by atoms with Crippen LogP contribution in [0.1, 0.15) is 13.5 Å². The number of carbonyl (C=O) groups excluding carboxylic acids is 2. The van der Waals surface area contributed by atoms with Crippen LogP contribution in [0.4, 0.5) is 30.5 Å². The van der Waals surface area contributed by atoms with Gasteiger partial charge in [-0.15, -0.1) is 5.10 Å². The Morgan fingerprint density at radius 3 is 2.74 bits per heavy atom. The van der Waals surface area contributed by atoms with Crippen LogP contribution in [0.2, 0.25) is 0 Å². The monoisotopic (exact) mass is 547 g/mol. The Labute approximate surface area is 216 Å². The number of fused-ring (bicyclic) bond motifs is 1. The summed E-state index contributed by atoms with van der Waals surface area (Å²) in [7, 11) is 0. The van der Waals surface area contributed by atoms with E-state index in [9.17, 15) is 32.7 Å². The van der Waals surface area contributed by atoms with Crippen LogP contribution in [0, 0.1) is 5.82 Å². The van der Waals surface area contributed by atoms with Gasteiger partial charge >= 0.3 is 6.55 Å². The minimum absolute atomic E-state index is 0.0755. The molecule has 1 saturated heterocycles. The number of nitrogen functional groups attached to an aromatic ring is 1. The molecule has 4 heterocycles. The molecule has 2 amide bonds. The third kappa shape index (κ3) is 4.48. The SMILES string of the molecule is C[C@@]1([C@@H](O)C(=O)Nc2ccc3c(N)noc3c2)OCCN(c2nn(-c3ccc(=O)n(C(F)F)c3)cc2F)C1=O. The van der Waals surface area contributed by atoms with Gasteiger partial charge in [0.15, 0.2) is 34.7 Å². The van der Waals surface area contributed by atoms with Gasteiger partial charge < -0.3 is 25.4 Å². The molecular formula is C23H20F3N7O6. The second-order valence-electron chi connectivity index (χ2n) is 8.74. The number of alkyl halides is 2. The number of hydrogen-bond donors (Lipinski definition) is 3. The summed E-state index contributed by atoms with van der Waals surface area (Å²) in [6, 6.07) is 6.46. The van der Waals surface area contributed by atoms with Gasteiger partial charge in [0.1, 0.15) is 0 Å². The molecule has 39 heavy (non-hydrogen) atoms. The number of nitrogens with zero attached hydrogens (tertiary/aromatic N) is 5. The van der Waals surface area contributed by atoms with Crippen LogP contribution in [0.25, 0.3) is 16.7 Å². The average Bonchev–Trinajstić information content (AvgIpc) is 3.47. The number of aromatic nitrogens is 4. The molecule has 4 aromatic rings. The van der Waals surface area contributed by atoms with Crippen LogP contribution in [0.3, 0.4) is 0 Å². The number of carbonyl (C=O) groups is 2. The maximum atomic E-state index is 14.9. The molecule has 3 aromatic heterocycles. The van der Waals surface area contributed by atoms with Crippen molar-refractivity contribution in [1.82, 2.24) is 19.5 Å². The lowest BCUT2D eigenvalue weighted by molar-refractivity contribution is -0.170. The lowest BCUT2D eigenvalue weighted by atomic mass is 9.94. The molecular weight excluding hydrogens is 527 g/mol. The maximum absolute atomic E-state index is 14.9. The Kier molecular flexibility index (Phi) is 6.35. The Morgan fingerprint density at radius 2 is 2.00 bits per heavy atom. The zero-order chi connectivity index (χ0) is 28.1. The number of aliphatic hydroxyl groups excluding tert-OH is 1. The highest BCUT2D eigenvalue weighted by Crippen LogP contribution is 2.30. The summed E-state index contributed by atoms with van der Waals surface area (Å²) in [6.45, 7) is -2.35. The summed E-state index contributed by atoms with van der Waals surface area (Å²) in [5, 5.41) is 21.4. The maximum Gasteiger partial charge on any atom is 0.321 e. The predicted molar refractivity (Wildman–Crippen MR) is 129 cm³/mol. The topological polar surface area (TPSA) is 171 Å². The average molecular weight is 547 g/mol. The number of benzene rings is 1. The number of amides is 2. The first kappa shape index (κ1) is 25.9. The van der Waals surface area contributed by atoms with E-state index in [1.165, 1.54) is 19.1 Å². The van der Waals surface area contributed by atoms with Crippen molar-refractivity contribution in [3.05, 3.63) is 58.9 Å². The van der Waals surface area contributed by atoms with Crippen molar-refractivity contribution < 1.29 is 37.1 Å². The van der Waals surface area contributed by atoms with E-state index < -0.39 is 47.3 Å². The standard InChI is InChI=1S/C23H20F3N7O6/c1-23(17(35)20(36)28-11-2-4-13-15(8-11)39-30-18(13)27)21(37)31(6-7-38-23)19-14(24)10-33(29-19)12-3-5-16(34)32(9-12)22(25)26/h2-5,8-10,17,22,35H,6-7H2,1H3,(H2,27,30)(H,28,36)/t17-,23-/m0/s1. The van der Waals surface area contributed by atoms with Gasteiger partial charge in [0.2, 0.25) is 0 Å². The van der Waals surface area contributed by atoms with Crippen molar-refractivity contribution in [2.45, 2.75) is 25.2 Å². The van der Waals surface area contributed by atoms with E-state index >= 15 is 0 Å². The molecule has 0 bridgehead atoms. The number of morpholine rings is 1. The number of nitrogens with two attached hydrogens (primary N) is 1. The van der Waals surface area contributed by atoms with Crippen LogP contribution in [-0.2, 0) is 14.3 Å². The number of nitrogens with one attached hydrogen (secondary N) is 1. The largest absolute Gasteiger partial charge is 0.380 e. The zero-order valence-electron chi connectivity index (χ0n) is 20.0. The third-order valence-electron chi connectivity index (χ3n) is 6.23. The number of pyridine rings is 1. The molecule has 204 valence electrons. The van der Waals surface area contributed by atoms with E-state index in [4.69, 9.17) is 15.0 Å². The minimum atomic E-state index is -3.14. The van der Waals surface area contributed by atoms with Gasteiger partial charge in [-0.2, -0.15) is 8.78 Å².